The molecule has 0 aliphatic carbocycles. The maximum Gasteiger partial charge on any atom is 0.292 e. The molecule has 2 aromatic heterocycles. The number of benzene rings is 2. The van der Waals surface area contributed by atoms with E-state index in [2.05, 4.69) is 4.98 Å². The fourth-order valence-corrected chi connectivity index (χ4v) is 3.48. The van der Waals surface area contributed by atoms with Crippen LogP contribution in [-0.2, 0) is 0 Å². The molecule has 0 unspecified atom stereocenters. The largest absolute Gasteiger partial charge is 0.841 e. The summed E-state index contributed by atoms with van der Waals surface area (Å²) >= 11 is 1.52. The van der Waals surface area contributed by atoms with Gasteiger partial charge in [0.2, 0.25) is 0 Å². The van der Waals surface area contributed by atoms with Crippen LogP contribution in [-0.4, -0.2) is 4.98 Å². The molecule has 0 bridgehead atoms. The van der Waals surface area contributed by atoms with E-state index in [4.69, 9.17) is 0 Å². The van der Waals surface area contributed by atoms with Crippen LogP contribution < -0.4 is 9.51 Å². The lowest BCUT2D eigenvalue weighted by Crippen LogP contribution is -2.24. The Labute approximate surface area is 119 Å². The molecule has 4 rings (SSSR count). The highest BCUT2D eigenvalue weighted by Gasteiger charge is 2.15. The Morgan fingerprint density at radius 3 is 2.55 bits per heavy atom. The number of hydrogen-bond donors (Lipinski definition) is 0. The van der Waals surface area contributed by atoms with E-state index in [0.29, 0.717) is 0 Å². The monoisotopic (exact) mass is 278 g/mol. The van der Waals surface area contributed by atoms with E-state index in [1.807, 2.05) is 54.6 Å². The fraction of sp³-hybridized carbons (Fsp3) is 0. The first-order chi connectivity index (χ1) is 9.84. The second kappa shape index (κ2) is 4.28. The number of para-hydroxylation sites is 1. The summed E-state index contributed by atoms with van der Waals surface area (Å²) in [6, 6.07) is 17.6. The lowest BCUT2D eigenvalue weighted by atomic mass is 10.2. The summed E-state index contributed by atoms with van der Waals surface area (Å²) in [4.78, 5) is 6.04. The van der Waals surface area contributed by atoms with Crippen molar-refractivity contribution in [3.05, 3.63) is 60.9 Å². The lowest BCUT2D eigenvalue weighted by molar-refractivity contribution is -0.582. The second-order valence-corrected chi connectivity index (χ2v) is 5.54. The third kappa shape index (κ3) is 1.58. The van der Waals surface area contributed by atoms with Gasteiger partial charge in [0.25, 0.3) is 6.33 Å². The van der Waals surface area contributed by atoms with Gasteiger partial charge in [0, 0.05) is 0 Å². The highest BCUT2D eigenvalue weighted by atomic mass is 32.1. The third-order valence-electron chi connectivity index (χ3n) is 3.31. The molecule has 0 fully saturated rings. The maximum atomic E-state index is 12.5. The van der Waals surface area contributed by atoms with Crippen LogP contribution in [0.2, 0.25) is 0 Å². The minimum atomic E-state index is -0.00514. The average Bonchev–Trinajstić information content (AvgIpc) is 2.86. The molecule has 2 aromatic carbocycles. The Balaban J connectivity index is 2.10. The van der Waals surface area contributed by atoms with E-state index in [1.165, 1.54) is 11.3 Å². The second-order valence-electron chi connectivity index (χ2n) is 4.54. The molecule has 4 aromatic rings. The molecule has 0 aliphatic rings. The van der Waals surface area contributed by atoms with E-state index >= 15 is 0 Å². The lowest BCUT2D eigenvalue weighted by Gasteiger charge is -2.03. The van der Waals surface area contributed by atoms with Crippen molar-refractivity contribution in [3.8, 4) is 16.3 Å². The normalized spacial score (nSPS) is 11.2. The molecule has 0 atom stereocenters. The van der Waals surface area contributed by atoms with E-state index in [0.717, 1.165) is 26.2 Å². The van der Waals surface area contributed by atoms with Crippen LogP contribution in [0.15, 0.2) is 60.9 Å². The molecule has 0 spiro atoms. The van der Waals surface area contributed by atoms with Gasteiger partial charge in [0.05, 0.1) is 16.1 Å². The van der Waals surface area contributed by atoms with Gasteiger partial charge in [0.15, 0.2) is 10.3 Å². The van der Waals surface area contributed by atoms with Crippen LogP contribution in [0.25, 0.3) is 26.2 Å². The van der Waals surface area contributed by atoms with Crippen LogP contribution in [0.1, 0.15) is 0 Å². The molecule has 20 heavy (non-hydrogen) atoms. The van der Waals surface area contributed by atoms with Crippen LogP contribution in [0.3, 0.4) is 0 Å². The fourth-order valence-electron chi connectivity index (χ4n) is 2.34. The summed E-state index contributed by atoms with van der Waals surface area (Å²) in [6.07, 6.45) is 1.61. The van der Waals surface area contributed by atoms with E-state index in [1.54, 1.807) is 10.7 Å². The zero-order valence-electron chi connectivity index (χ0n) is 10.5. The summed E-state index contributed by atoms with van der Waals surface area (Å²) in [5.74, 6) is -0.00514. The van der Waals surface area contributed by atoms with Crippen molar-refractivity contribution in [1.29, 1.82) is 0 Å². The highest BCUT2D eigenvalue weighted by Crippen LogP contribution is 2.34. The number of thiazole rings is 1. The molecule has 3 nitrogen and oxygen atoms in total. The number of aromatic nitrogens is 2. The molecule has 0 saturated heterocycles. The van der Waals surface area contributed by atoms with Crippen molar-refractivity contribution in [1.82, 2.24) is 4.98 Å². The van der Waals surface area contributed by atoms with Gasteiger partial charge in [-0.05, 0) is 22.7 Å². The zero-order valence-corrected chi connectivity index (χ0v) is 11.3. The summed E-state index contributed by atoms with van der Waals surface area (Å²) in [5, 5.41) is 13.5. The molecule has 0 N–H and O–H groups in total. The molecular weight excluding hydrogens is 268 g/mol. The van der Waals surface area contributed by atoms with Gasteiger partial charge in [-0.25, -0.2) is 0 Å². The quantitative estimate of drug-likeness (QED) is 0.502. The first kappa shape index (κ1) is 11.4. The van der Waals surface area contributed by atoms with E-state index < -0.39 is 0 Å². The topological polar surface area (TPSA) is 40.1 Å². The van der Waals surface area contributed by atoms with Crippen LogP contribution >= 0.6 is 11.3 Å². The molecular formula is C16H10N2OS. The molecule has 4 heteroatoms. The van der Waals surface area contributed by atoms with Gasteiger partial charge < -0.3 is 5.11 Å². The number of nitrogens with zero attached hydrogens (tertiary/aromatic N) is 2. The summed E-state index contributed by atoms with van der Waals surface area (Å²) in [5.41, 5.74) is 1.86. The van der Waals surface area contributed by atoms with Crippen molar-refractivity contribution in [3.63, 3.8) is 0 Å². The summed E-state index contributed by atoms with van der Waals surface area (Å²) < 4.78 is 1.63. The van der Waals surface area contributed by atoms with Gasteiger partial charge in [-0.15, -0.1) is 0 Å². The average molecular weight is 278 g/mol. The van der Waals surface area contributed by atoms with Crippen LogP contribution in [0, 0.1) is 0 Å². The van der Waals surface area contributed by atoms with Gasteiger partial charge in [-0.2, -0.15) is 4.40 Å². The Kier molecular flexibility index (Phi) is 2.44. The van der Waals surface area contributed by atoms with Crippen molar-refractivity contribution in [2.45, 2.75) is 0 Å². The first-order valence-corrected chi connectivity index (χ1v) is 7.10. The van der Waals surface area contributed by atoms with E-state index in [9.17, 15) is 5.11 Å². The SMILES string of the molecule is [O-]c1c(-c2ccccc2)sc2c3ccccc3nc[n+]12. The number of hydrogen-bond acceptors (Lipinski definition) is 3. The van der Waals surface area contributed by atoms with Crippen LogP contribution in [0.4, 0.5) is 0 Å². The molecule has 96 valence electrons. The minimum Gasteiger partial charge on any atom is -0.841 e. The number of rotatable bonds is 1. The molecule has 0 aliphatic heterocycles. The Morgan fingerprint density at radius 2 is 1.70 bits per heavy atom. The highest BCUT2D eigenvalue weighted by molar-refractivity contribution is 7.21. The van der Waals surface area contributed by atoms with Gasteiger partial charge >= 0.3 is 0 Å². The van der Waals surface area contributed by atoms with Crippen LogP contribution in [0.5, 0.6) is 5.88 Å². The van der Waals surface area contributed by atoms with Gasteiger partial charge in [-0.1, -0.05) is 53.8 Å². The standard InChI is InChI=1S/C16H10N2OS/c19-15-14(11-6-2-1-3-7-11)20-16-12-8-4-5-9-13(12)17-10-18(15)16/h1-10H. The molecule has 0 radical (unpaired) electrons. The third-order valence-corrected chi connectivity index (χ3v) is 4.54. The Hall–Kier alpha value is -2.46. The first-order valence-electron chi connectivity index (χ1n) is 6.29. The molecule has 0 saturated carbocycles. The van der Waals surface area contributed by atoms with Crippen molar-refractivity contribution < 1.29 is 9.51 Å². The van der Waals surface area contributed by atoms with Crippen molar-refractivity contribution in [2.24, 2.45) is 0 Å². The zero-order chi connectivity index (χ0) is 13.5. The van der Waals surface area contributed by atoms with Crippen molar-refractivity contribution in [2.75, 3.05) is 0 Å². The Bertz CT molecular complexity index is 916. The predicted octanol–water partition coefficient (Wildman–Crippen LogP) is 2.78. The predicted molar refractivity (Wildman–Crippen MR) is 77.7 cm³/mol. The summed E-state index contributed by atoms with van der Waals surface area (Å²) in [7, 11) is 0. The minimum absolute atomic E-state index is 0.00514. The van der Waals surface area contributed by atoms with Gasteiger partial charge in [0.1, 0.15) is 0 Å². The summed E-state index contributed by atoms with van der Waals surface area (Å²) in [6.45, 7) is 0. The Morgan fingerprint density at radius 1 is 0.950 bits per heavy atom. The maximum absolute atomic E-state index is 12.5. The van der Waals surface area contributed by atoms with E-state index in [-0.39, 0.29) is 5.88 Å². The smallest absolute Gasteiger partial charge is 0.292 e. The van der Waals surface area contributed by atoms with Gasteiger partial charge in [-0.3, -0.25) is 0 Å². The molecule has 0 amide bonds. The van der Waals surface area contributed by atoms with Crippen molar-refractivity contribution >= 4 is 27.1 Å². The number of fused-ring (bicyclic) bond motifs is 3. The molecule has 2 heterocycles.